The van der Waals surface area contributed by atoms with E-state index in [-0.39, 0.29) is 5.91 Å². The Morgan fingerprint density at radius 1 is 1.42 bits per heavy atom. The molecule has 2 rings (SSSR count). The van der Waals surface area contributed by atoms with E-state index in [0.717, 1.165) is 38.5 Å². The van der Waals surface area contributed by atoms with Crippen molar-refractivity contribution in [1.29, 1.82) is 0 Å². The monoisotopic (exact) mass is 280 g/mol. The Bertz CT molecular complexity index is 475. The van der Waals surface area contributed by atoms with Gasteiger partial charge in [-0.25, -0.2) is 0 Å². The normalized spacial score (nSPS) is 18.6. The molecule has 19 heavy (non-hydrogen) atoms. The average Bonchev–Trinajstić information content (AvgIpc) is 2.66. The van der Waals surface area contributed by atoms with Crippen LogP contribution in [0.4, 0.5) is 5.82 Å². The van der Waals surface area contributed by atoms with Crippen LogP contribution in [-0.2, 0) is 11.8 Å². The van der Waals surface area contributed by atoms with Crippen LogP contribution in [0.3, 0.4) is 0 Å². The van der Waals surface area contributed by atoms with Crippen molar-refractivity contribution in [2.75, 3.05) is 5.32 Å². The number of anilines is 1. The number of rotatable bonds is 3. The van der Waals surface area contributed by atoms with Gasteiger partial charge in [-0.05, 0) is 12.8 Å². The molecule has 1 aliphatic carbocycles. The van der Waals surface area contributed by atoms with Gasteiger partial charge in [-0.3, -0.25) is 9.48 Å². The Kier molecular flexibility index (Phi) is 4.19. The molecular weight excluding hydrogens is 260 g/mol. The zero-order valence-corrected chi connectivity index (χ0v) is 12.0. The summed E-state index contributed by atoms with van der Waals surface area (Å²) in [6, 6.07) is 1.77. The maximum Gasteiger partial charge on any atom is 0.238 e. The SMILES string of the molecule is Cn1nccc1NC(=O)C1(C(N)=S)CCCCCC1. The number of hydrogen-bond donors (Lipinski definition) is 2. The number of hydrogen-bond acceptors (Lipinski definition) is 3. The van der Waals surface area contributed by atoms with Crippen molar-refractivity contribution in [3.8, 4) is 0 Å². The van der Waals surface area contributed by atoms with Gasteiger partial charge < -0.3 is 11.1 Å². The summed E-state index contributed by atoms with van der Waals surface area (Å²) in [5.74, 6) is 0.579. The quantitative estimate of drug-likeness (QED) is 0.656. The molecule has 0 bridgehead atoms. The fourth-order valence-corrected chi connectivity index (χ4v) is 2.95. The van der Waals surface area contributed by atoms with Gasteiger partial charge in [0, 0.05) is 13.1 Å². The van der Waals surface area contributed by atoms with Crippen molar-refractivity contribution >= 4 is 28.9 Å². The van der Waals surface area contributed by atoms with Crippen LogP contribution in [0.2, 0.25) is 0 Å². The van der Waals surface area contributed by atoms with Gasteiger partial charge >= 0.3 is 0 Å². The molecule has 5 nitrogen and oxygen atoms in total. The third-order valence-corrected chi connectivity index (χ3v) is 4.32. The van der Waals surface area contributed by atoms with Crippen LogP contribution in [0.5, 0.6) is 0 Å². The first-order valence-electron chi connectivity index (χ1n) is 6.66. The predicted molar refractivity (Wildman–Crippen MR) is 78.8 cm³/mol. The zero-order chi connectivity index (χ0) is 13.9. The van der Waals surface area contributed by atoms with Gasteiger partial charge in [-0.15, -0.1) is 0 Å². The van der Waals surface area contributed by atoms with Crippen molar-refractivity contribution in [1.82, 2.24) is 9.78 Å². The summed E-state index contributed by atoms with van der Waals surface area (Å²) in [7, 11) is 1.79. The van der Waals surface area contributed by atoms with Gasteiger partial charge in [0.2, 0.25) is 5.91 Å². The number of amides is 1. The van der Waals surface area contributed by atoms with E-state index in [2.05, 4.69) is 10.4 Å². The highest BCUT2D eigenvalue weighted by Gasteiger charge is 2.41. The molecule has 104 valence electrons. The van der Waals surface area contributed by atoms with Crippen molar-refractivity contribution in [2.45, 2.75) is 38.5 Å². The Morgan fingerprint density at radius 3 is 2.53 bits per heavy atom. The molecule has 1 fully saturated rings. The van der Waals surface area contributed by atoms with E-state index < -0.39 is 5.41 Å². The lowest BCUT2D eigenvalue weighted by atomic mass is 9.79. The molecule has 1 aromatic rings. The summed E-state index contributed by atoms with van der Waals surface area (Å²) in [6.07, 6.45) is 7.41. The Balaban J connectivity index is 2.21. The fraction of sp³-hybridized carbons (Fsp3) is 0.615. The summed E-state index contributed by atoms with van der Waals surface area (Å²) in [6.45, 7) is 0. The van der Waals surface area contributed by atoms with Gasteiger partial charge in [0.05, 0.1) is 16.6 Å². The van der Waals surface area contributed by atoms with E-state index in [1.165, 1.54) is 0 Å². The topological polar surface area (TPSA) is 72.9 Å². The summed E-state index contributed by atoms with van der Waals surface area (Å²) >= 11 is 5.19. The Hall–Kier alpha value is -1.43. The largest absolute Gasteiger partial charge is 0.392 e. The second-order valence-corrected chi connectivity index (χ2v) is 5.59. The van der Waals surface area contributed by atoms with E-state index in [4.69, 9.17) is 18.0 Å². The number of carbonyl (C=O) groups is 1. The third-order valence-electron chi connectivity index (χ3n) is 3.93. The molecule has 0 atom stereocenters. The molecule has 0 unspecified atom stereocenters. The highest BCUT2D eigenvalue weighted by Crippen LogP contribution is 2.36. The highest BCUT2D eigenvalue weighted by atomic mass is 32.1. The van der Waals surface area contributed by atoms with Crippen LogP contribution in [0.25, 0.3) is 0 Å². The van der Waals surface area contributed by atoms with Crippen LogP contribution in [0.15, 0.2) is 12.3 Å². The predicted octanol–water partition coefficient (Wildman–Crippen LogP) is 1.99. The van der Waals surface area contributed by atoms with E-state index >= 15 is 0 Å². The van der Waals surface area contributed by atoms with Crippen molar-refractivity contribution < 1.29 is 4.79 Å². The number of nitrogens with zero attached hydrogens (tertiary/aromatic N) is 2. The lowest BCUT2D eigenvalue weighted by molar-refractivity contribution is -0.122. The molecule has 3 N–H and O–H groups in total. The molecule has 0 aliphatic heterocycles. The van der Waals surface area contributed by atoms with E-state index in [1.54, 1.807) is 24.0 Å². The number of nitrogens with one attached hydrogen (secondary N) is 1. The lowest BCUT2D eigenvalue weighted by Gasteiger charge is -2.30. The molecule has 0 radical (unpaired) electrons. The molecule has 1 aliphatic rings. The minimum atomic E-state index is -0.698. The van der Waals surface area contributed by atoms with Crippen molar-refractivity contribution in [3.63, 3.8) is 0 Å². The number of aryl methyl sites for hydroxylation is 1. The molecule has 0 saturated heterocycles. The number of thiocarbonyl (C=S) groups is 1. The van der Waals surface area contributed by atoms with E-state index in [9.17, 15) is 4.79 Å². The number of carbonyl (C=O) groups excluding carboxylic acids is 1. The van der Waals surface area contributed by atoms with Crippen molar-refractivity contribution in [2.24, 2.45) is 18.2 Å². The van der Waals surface area contributed by atoms with E-state index in [0.29, 0.717) is 10.8 Å². The molecular formula is C13H20N4OS. The Morgan fingerprint density at radius 2 is 2.05 bits per heavy atom. The van der Waals surface area contributed by atoms with Crippen LogP contribution in [-0.4, -0.2) is 20.7 Å². The van der Waals surface area contributed by atoms with Crippen molar-refractivity contribution in [3.05, 3.63) is 12.3 Å². The van der Waals surface area contributed by atoms with Gasteiger partial charge in [-0.1, -0.05) is 37.9 Å². The Labute approximate surface area is 118 Å². The second kappa shape index (κ2) is 5.69. The van der Waals surface area contributed by atoms with Gasteiger partial charge in [0.25, 0.3) is 0 Å². The first-order valence-corrected chi connectivity index (χ1v) is 7.06. The fourth-order valence-electron chi connectivity index (χ4n) is 2.65. The molecule has 6 heteroatoms. The maximum absolute atomic E-state index is 12.6. The maximum atomic E-state index is 12.6. The minimum Gasteiger partial charge on any atom is -0.392 e. The zero-order valence-electron chi connectivity index (χ0n) is 11.2. The minimum absolute atomic E-state index is 0.0921. The highest BCUT2D eigenvalue weighted by molar-refractivity contribution is 7.80. The van der Waals surface area contributed by atoms with Crippen LogP contribution in [0.1, 0.15) is 38.5 Å². The second-order valence-electron chi connectivity index (χ2n) is 5.15. The molecule has 0 aromatic carbocycles. The standard InChI is InChI=1S/C13H20N4OS/c1-17-10(6-9-15-17)16-12(18)13(11(14)19)7-4-2-3-5-8-13/h6,9H,2-5,7-8H2,1H3,(H2,14,19)(H,16,18). The molecule has 0 spiro atoms. The number of aromatic nitrogens is 2. The summed E-state index contributed by atoms with van der Waals surface area (Å²) < 4.78 is 1.63. The lowest BCUT2D eigenvalue weighted by Crippen LogP contribution is -2.46. The van der Waals surface area contributed by atoms with Gasteiger partial charge in [0.1, 0.15) is 5.82 Å². The van der Waals surface area contributed by atoms with Gasteiger partial charge in [-0.2, -0.15) is 5.10 Å². The van der Waals surface area contributed by atoms with Crippen LogP contribution >= 0.6 is 12.2 Å². The first kappa shape index (κ1) is 14.0. The molecule has 1 saturated carbocycles. The third kappa shape index (κ3) is 2.78. The average molecular weight is 280 g/mol. The van der Waals surface area contributed by atoms with Gasteiger partial charge in [0.15, 0.2) is 0 Å². The summed E-state index contributed by atoms with van der Waals surface area (Å²) in [5.41, 5.74) is 5.19. The molecule has 1 amide bonds. The smallest absolute Gasteiger partial charge is 0.238 e. The number of nitrogens with two attached hydrogens (primary N) is 1. The van der Waals surface area contributed by atoms with Crippen LogP contribution in [0, 0.1) is 5.41 Å². The summed E-state index contributed by atoms with van der Waals surface area (Å²) in [5, 5.41) is 6.94. The molecule has 1 aromatic heterocycles. The first-order chi connectivity index (χ1) is 9.06. The summed E-state index contributed by atoms with van der Waals surface area (Å²) in [4.78, 5) is 12.9. The molecule has 1 heterocycles. The van der Waals surface area contributed by atoms with E-state index in [1.807, 2.05) is 0 Å². The van der Waals surface area contributed by atoms with Crippen LogP contribution < -0.4 is 11.1 Å².